The van der Waals surface area contributed by atoms with Crippen LogP contribution in [0.5, 0.6) is 0 Å². The van der Waals surface area contributed by atoms with Crippen LogP contribution in [0.15, 0.2) is 42.7 Å². The second-order valence-electron chi connectivity index (χ2n) is 7.75. The molecule has 0 saturated carbocycles. The normalized spacial score (nSPS) is 14.2. The fraction of sp³-hybridized carbons (Fsp3) is 0.391. The molecule has 1 fully saturated rings. The van der Waals surface area contributed by atoms with E-state index < -0.39 is 5.82 Å². The van der Waals surface area contributed by atoms with Crippen LogP contribution in [0.3, 0.4) is 0 Å². The number of ether oxygens (including phenoxy) is 1. The number of hydrogen-bond donors (Lipinski definition) is 2. The van der Waals surface area contributed by atoms with Crippen LogP contribution >= 0.6 is 11.6 Å². The van der Waals surface area contributed by atoms with Gasteiger partial charge >= 0.3 is 0 Å². The highest BCUT2D eigenvalue weighted by molar-refractivity contribution is 6.28. The van der Waals surface area contributed by atoms with Gasteiger partial charge in [0.25, 0.3) is 0 Å². The fourth-order valence-electron chi connectivity index (χ4n) is 3.53. The van der Waals surface area contributed by atoms with E-state index in [1.54, 1.807) is 6.20 Å². The Morgan fingerprint density at radius 1 is 0.970 bits per heavy atom. The molecule has 10 heteroatoms. The van der Waals surface area contributed by atoms with Gasteiger partial charge in [-0.15, -0.1) is 0 Å². The van der Waals surface area contributed by atoms with Gasteiger partial charge in [0, 0.05) is 38.9 Å². The Balaban J connectivity index is 1.22. The van der Waals surface area contributed by atoms with E-state index in [1.165, 1.54) is 0 Å². The molecule has 2 aromatic heterocycles. The average Bonchev–Trinajstić information content (AvgIpc) is 2.85. The fourth-order valence-corrected chi connectivity index (χ4v) is 3.68. The summed E-state index contributed by atoms with van der Waals surface area (Å²) in [4.78, 5) is 18.8. The van der Waals surface area contributed by atoms with Gasteiger partial charge < -0.3 is 15.4 Å². The molecule has 0 aliphatic carbocycles. The Morgan fingerprint density at radius 2 is 1.76 bits per heavy atom. The minimum atomic E-state index is -0.431. The van der Waals surface area contributed by atoms with Gasteiger partial charge in [0.1, 0.15) is 5.82 Å². The van der Waals surface area contributed by atoms with Crippen LogP contribution in [-0.4, -0.2) is 64.2 Å². The van der Waals surface area contributed by atoms with Gasteiger partial charge in [-0.3, -0.25) is 4.90 Å². The van der Waals surface area contributed by atoms with Crippen molar-refractivity contribution in [2.45, 2.75) is 19.4 Å². The molecule has 174 valence electrons. The van der Waals surface area contributed by atoms with Crippen LogP contribution < -0.4 is 10.6 Å². The van der Waals surface area contributed by atoms with Gasteiger partial charge in [-0.1, -0.05) is 24.3 Å². The number of morpholine rings is 1. The maximum Gasteiger partial charge on any atom is 0.224 e. The highest BCUT2D eigenvalue weighted by Crippen LogP contribution is 2.13. The number of benzene rings is 1. The first kappa shape index (κ1) is 23.3. The van der Waals surface area contributed by atoms with Crippen molar-refractivity contribution < 1.29 is 9.13 Å². The zero-order valence-electron chi connectivity index (χ0n) is 18.3. The molecule has 1 saturated heterocycles. The zero-order chi connectivity index (χ0) is 22.9. The van der Waals surface area contributed by atoms with Crippen molar-refractivity contribution in [2.24, 2.45) is 0 Å². The molecule has 2 N–H and O–H groups in total. The number of hydrogen-bond acceptors (Lipinski definition) is 8. The third kappa shape index (κ3) is 7.31. The molecule has 8 nitrogen and oxygen atoms in total. The monoisotopic (exact) mass is 471 g/mol. The van der Waals surface area contributed by atoms with Crippen molar-refractivity contribution in [3.05, 3.63) is 70.6 Å². The first-order chi connectivity index (χ1) is 16.2. The SMILES string of the molecule is Fc1cnc(Cl)nc1CCc1ccc(CNc2ccnc(NCCN3CCOCC3)n2)cc1. The maximum absolute atomic E-state index is 13.8. The number of rotatable bonds is 10. The third-order valence-corrected chi connectivity index (χ3v) is 5.59. The number of anilines is 2. The Kier molecular flexibility index (Phi) is 8.35. The van der Waals surface area contributed by atoms with Gasteiger partial charge in [-0.2, -0.15) is 4.98 Å². The van der Waals surface area contributed by atoms with Gasteiger partial charge in [0.15, 0.2) is 5.82 Å². The minimum absolute atomic E-state index is 0.0630. The molecule has 0 bridgehead atoms. The van der Waals surface area contributed by atoms with Crippen molar-refractivity contribution in [3.8, 4) is 0 Å². The van der Waals surface area contributed by atoms with Gasteiger partial charge in [0.2, 0.25) is 11.2 Å². The molecule has 4 rings (SSSR count). The summed E-state index contributed by atoms with van der Waals surface area (Å²) in [5.74, 6) is 0.944. The summed E-state index contributed by atoms with van der Waals surface area (Å²) in [5.41, 5.74) is 2.55. The van der Waals surface area contributed by atoms with Crippen molar-refractivity contribution in [1.29, 1.82) is 0 Å². The second kappa shape index (κ2) is 11.8. The van der Waals surface area contributed by atoms with E-state index in [-0.39, 0.29) is 5.28 Å². The van der Waals surface area contributed by atoms with Crippen LogP contribution in [-0.2, 0) is 24.1 Å². The number of nitrogens with zero attached hydrogens (tertiary/aromatic N) is 5. The van der Waals surface area contributed by atoms with Crippen molar-refractivity contribution in [2.75, 3.05) is 50.0 Å². The smallest absolute Gasteiger partial charge is 0.224 e. The first-order valence-corrected chi connectivity index (χ1v) is 11.4. The largest absolute Gasteiger partial charge is 0.379 e. The van der Waals surface area contributed by atoms with Crippen LogP contribution in [0.2, 0.25) is 5.28 Å². The van der Waals surface area contributed by atoms with Crippen LogP contribution in [0.1, 0.15) is 16.8 Å². The molecule has 0 spiro atoms. The summed E-state index contributed by atoms with van der Waals surface area (Å²) in [5, 5.41) is 6.68. The highest BCUT2D eigenvalue weighted by Gasteiger charge is 2.10. The van der Waals surface area contributed by atoms with E-state index in [0.717, 1.165) is 62.5 Å². The Hall–Kier alpha value is -2.88. The number of halogens is 2. The Bertz CT molecular complexity index is 1030. The van der Waals surface area contributed by atoms with Crippen LogP contribution in [0.25, 0.3) is 0 Å². The van der Waals surface area contributed by atoms with Gasteiger partial charge in [0.05, 0.1) is 25.1 Å². The molecule has 3 heterocycles. The average molecular weight is 472 g/mol. The zero-order valence-corrected chi connectivity index (χ0v) is 19.1. The molecular formula is C23H27ClFN7O. The lowest BCUT2D eigenvalue weighted by Gasteiger charge is -2.26. The van der Waals surface area contributed by atoms with Gasteiger partial charge in [-0.25, -0.2) is 19.3 Å². The molecule has 3 aromatic rings. The van der Waals surface area contributed by atoms with E-state index >= 15 is 0 Å². The lowest BCUT2D eigenvalue weighted by Crippen LogP contribution is -2.39. The predicted molar refractivity (Wildman–Crippen MR) is 126 cm³/mol. The summed E-state index contributed by atoms with van der Waals surface area (Å²) < 4.78 is 19.1. The van der Waals surface area contributed by atoms with Crippen LogP contribution in [0, 0.1) is 5.82 Å². The standard InChI is InChI=1S/C23H27ClFN7O/c24-22-29-16-19(25)20(30-22)6-5-17-1-3-18(4-2-17)15-28-21-7-8-26-23(31-21)27-9-10-32-11-13-33-14-12-32/h1-4,7-8,16H,5-6,9-15H2,(H2,26,27,28,31). The van der Waals surface area contributed by atoms with E-state index in [0.29, 0.717) is 31.0 Å². The molecule has 0 unspecified atom stereocenters. The van der Waals surface area contributed by atoms with E-state index in [9.17, 15) is 4.39 Å². The number of aryl methyl sites for hydroxylation is 2. The molecule has 0 atom stereocenters. The molecule has 33 heavy (non-hydrogen) atoms. The lowest BCUT2D eigenvalue weighted by molar-refractivity contribution is 0.0398. The van der Waals surface area contributed by atoms with Crippen LogP contribution in [0.4, 0.5) is 16.2 Å². The molecule has 0 radical (unpaired) electrons. The Morgan fingerprint density at radius 3 is 2.58 bits per heavy atom. The maximum atomic E-state index is 13.8. The highest BCUT2D eigenvalue weighted by atomic mass is 35.5. The van der Waals surface area contributed by atoms with E-state index in [2.05, 4.69) is 35.5 Å². The third-order valence-electron chi connectivity index (χ3n) is 5.40. The molecular weight excluding hydrogens is 445 g/mol. The summed E-state index contributed by atoms with van der Waals surface area (Å²) in [6, 6.07) is 10.0. The topological polar surface area (TPSA) is 88.1 Å². The molecule has 0 amide bonds. The quantitative estimate of drug-likeness (QED) is 0.436. The first-order valence-electron chi connectivity index (χ1n) is 11.0. The van der Waals surface area contributed by atoms with Crippen molar-refractivity contribution in [3.63, 3.8) is 0 Å². The second-order valence-corrected chi connectivity index (χ2v) is 8.09. The van der Waals surface area contributed by atoms with Gasteiger partial charge in [-0.05, 0) is 41.6 Å². The Labute approximate surface area is 197 Å². The van der Waals surface area contributed by atoms with E-state index in [1.807, 2.05) is 30.3 Å². The lowest BCUT2D eigenvalue weighted by atomic mass is 10.1. The number of aromatic nitrogens is 4. The minimum Gasteiger partial charge on any atom is -0.379 e. The molecule has 1 aromatic carbocycles. The summed E-state index contributed by atoms with van der Waals surface area (Å²) in [6.07, 6.45) is 3.99. The summed E-state index contributed by atoms with van der Waals surface area (Å²) in [7, 11) is 0. The van der Waals surface area contributed by atoms with Crippen molar-refractivity contribution in [1.82, 2.24) is 24.8 Å². The summed E-state index contributed by atoms with van der Waals surface area (Å²) >= 11 is 5.76. The molecule has 1 aliphatic heterocycles. The summed E-state index contributed by atoms with van der Waals surface area (Å²) in [6.45, 7) is 5.90. The van der Waals surface area contributed by atoms with E-state index in [4.69, 9.17) is 16.3 Å². The number of nitrogens with one attached hydrogen (secondary N) is 2. The molecule has 1 aliphatic rings. The predicted octanol–water partition coefficient (Wildman–Crippen LogP) is 3.20. The van der Waals surface area contributed by atoms with Crippen molar-refractivity contribution >= 4 is 23.4 Å².